The maximum Gasteiger partial charge on any atom is 0.113 e. The minimum absolute atomic E-state index is 0.490. The van der Waals surface area contributed by atoms with Crippen molar-refractivity contribution >= 4 is 17.2 Å². The molecule has 0 aliphatic carbocycles. The predicted octanol–water partition coefficient (Wildman–Crippen LogP) is 6.69. The van der Waals surface area contributed by atoms with E-state index in [4.69, 9.17) is 11.6 Å². The number of hydrogen-bond donors (Lipinski definition) is 0. The van der Waals surface area contributed by atoms with E-state index in [1.54, 1.807) is 0 Å². The number of halogens is 1. The molecule has 0 spiro atoms. The molecule has 31 heavy (non-hydrogen) atoms. The summed E-state index contributed by atoms with van der Waals surface area (Å²) in [6.07, 6.45) is 6.87. The summed E-state index contributed by atoms with van der Waals surface area (Å²) < 4.78 is 0. The molecular formula is C28H27ClN2. The smallest absolute Gasteiger partial charge is 0.113 e. The SMILES string of the molecule is C/C(=C/C(C)N1CCCC1)c1ccc(C#Cc2ccc(-c3ccc(Cl)cc3)cn2)cc1. The molecule has 1 atom stereocenters. The summed E-state index contributed by atoms with van der Waals surface area (Å²) in [6.45, 7) is 6.92. The van der Waals surface area contributed by atoms with E-state index in [1.807, 2.05) is 42.6 Å². The van der Waals surface area contributed by atoms with Gasteiger partial charge in [-0.2, -0.15) is 0 Å². The summed E-state index contributed by atoms with van der Waals surface area (Å²) >= 11 is 5.96. The highest BCUT2D eigenvalue weighted by atomic mass is 35.5. The number of allylic oxidation sites excluding steroid dienone is 1. The first-order valence-corrected chi connectivity index (χ1v) is 11.2. The van der Waals surface area contributed by atoms with Gasteiger partial charge in [-0.15, -0.1) is 0 Å². The highest BCUT2D eigenvalue weighted by Crippen LogP contribution is 2.21. The largest absolute Gasteiger partial charge is 0.297 e. The van der Waals surface area contributed by atoms with Crippen LogP contribution in [0.25, 0.3) is 16.7 Å². The highest BCUT2D eigenvalue weighted by molar-refractivity contribution is 6.30. The Labute approximate surface area is 190 Å². The molecule has 0 saturated carbocycles. The van der Waals surface area contributed by atoms with Gasteiger partial charge in [0.25, 0.3) is 0 Å². The fourth-order valence-electron chi connectivity index (χ4n) is 3.95. The quantitative estimate of drug-likeness (QED) is 0.432. The number of likely N-dealkylation sites (tertiary alicyclic amines) is 1. The molecule has 2 heterocycles. The average Bonchev–Trinajstić information content (AvgIpc) is 3.34. The third-order valence-corrected chi connectivity index (χ3v) is 6.08. The van der Waals surface area contributed by atoms with Crippen LogP contribution in [-0.2, 0) is 0 Å². The monoisotopic (exact) mass is 426 g/mol. The van der Waals surface area contributed by atoms with Crippen molar-refractivity contribution in [2.24, 2.45) is 0 Å². The van der Waals surface area contributed by atoms with E-state index >= 15 is 0 Å². The Balaban J connectivity index is 1.42. The van der Waals surface area contributed by atoms with Crippen molar-refractivity contribution in [2.45, 2.75) is 32.7 Å². The van der Waals surface area contributed by atoms with Crippen molar-refractivity contribution in [3.05, 3.63) is 94.8 Å². The van der Waals surface area contributed by atoms with Gasteiger partial charge in [-0.1, -0.05) is 53.9 Å². The zero-order chi connectivity index (χ0) is 21.6. The molecule has 0 bridgehead atoms. The maximum absolute atomic E-state index is 5.96. The molecule has 2 nitrogen and oxygen atoms in total. The molecule has 1 unspecified atom stereocenters. The summed E-state index contributed by atoms with van der Waals surface area (Å²) in [5.41, 5.74) is 6.47. The van der Waals surface area contributed by atoms with Crippen molar-refractivity contribution in [2.75, 3.05) is 13.1 Å². The van der Waals surface area contributed by atoms with Gasteiger partial charge in [0.2, 0.25) is 0 Å². The van der Waals surface area contributed by atoms with Crippen LogP contribution in [0.4, 0.5) is 0 Å². The molecule has 0 N–H and O–H groups in total. The van der Waals surface area contributed by atoms with Crippen LogP contribution in [0.1, 0.15) is 43.5 Å². The molecule has 2 aromatic carbocycles. The van der Waals surface area contributed by atoms with Gasteiger partial charge < -0.3 is 0 Å². The molecule has 3 heteroatoms. The normalized spacial score (nSPS) is 15.4. The minimum atomic E-state index is 0.490. The first-order valence-electron chi connectivity index (χ1n) is 10.9. The molecule has 0 amide bonds. The number of benzene rings is 2. The van der Waals surface area contributed by atoms with Crippen molar-refractivity contribution in [1.82, 2.24) is 9.88 Å². The van der Waals surface area contributed by atoms with E-state index in [9.17, 15) is 0 Å². The van der Waals surface area contributed by atoms with Crippen LogP contribution in [0.3, 0.4) is 0 Å². The fraction of sp³-hybridized carbons (Fsp3) is 0.250. The van der Waals surface area contributed by atoms with Crippen LogP contribution in [0, 0.1) is 11.8 Å². The zero-order valence-electron chi connectivity index (χ0n) is 18.1. The molecule has 4 rings (SSSR count). The summed E-state index contributed by atoms with van der Waals surface area (Å²) in [6, 6.07) is 20.7. The Bertz CT molecular complexity index is 1090. The van der Waals surface area contributed by atoms with Gasteiger partial charge in [0, 0.05) is 28.4 Å². The van der Waals surface area contributed by atoms with Crippen LogP contribution >= 0.6 is 11.6 Å². The molecule has 3 aromatic rings. The Morgan fingerprint density at radius 2 is 1.61 bits per heavy atom. The summed E-state index contributed by atoms with van der Waals surface area (Å²) in [5, 5.41) is 0.733. The Morgan fingerprint density at radius 1 is 0.935 bits per heavy atom. The second-order valence-corrected chi connectivity index (χ2v) is 8.54. The van der Waals surface area contributed by atoms with Gasteiger partial charge >= 0.3 is 0 Å². The van der Waals surface area contributed by atoms with E-state index in [-0.39, 0.29) is 0 Å². The zero-order valence-corrected chi connectivity index (χ0v) is 18.9. The van der Waals surface area contributed by atoms with Gasteiger partial charge in [0.05, 0.1) is 0 Å². The van der Waals surface area contributed by atoms with E-state index in [2.05, 4.69) is 65.9 Å². The number of hydrogen-bond acceptors (Lipinski definition) is 2. The third-order valence-electron chi connectivity index (χ3n) is 5.82. The molecule has 1 aliphatic rings. The second-order valence-electron chi connectivity index (χ2n) is 8.10. The van der Waals surface area contributed by atoms with Crippen molar-refractivity contribution in [3.8, 4) is 23.0 Å². The first-order chi connectivity index (χ1) is 15.1. The Morgan fingerprint density at radius 3 is 2.26 bits per heavy atom. The summed E-state index contributed by atoms with van der Waals surface area (Å²) in [4.78, 5) is 7.04. The molecular weight excluding hydrogens is 400 g/mol. The van der Waals surface area contributed by atoms with E-state index < -0.39 is 0 Å². The average molecular weight is 427 g/mol. The van der Waals surface area contributed by atoms with E-state index in [1.165, 1.54) is 37.1 Å². The lowest BCUT2D eigenvalue weighted by atomic mass is 10.0. The van der Waals surface area contributed by atoms with Crippen LogP contribution in [-0.4, -0.2) is 29.0 Å². The van der Waals surface area contributed by atoms with Crippen molar-refractivity contribution < 1.29 is 0 Å². The third kappa shape index (κ3) is 5.64. The van der Waals surface area contributed by atoms with Crippen LogP contribution in [0.2, 0.25) is 5.02 Å². The molecule has 0 radical (unpaired) electrons. The van der Waals surface area contributed by atoms with Gasteiger partial charge in [-0.05, 0) is 92.7 Å². The second kappa shape index (κ2) is 9.96. The van der Waals surface area contributed by atoms with Crippen molar-refractivity contribution in [1.29, 1.82) is 0 Å². The van der Waals surface area contributed by atoms with Gasteiger partial charge in [-0.25, -0.2) is 4.98 Å². The maximum atomic E-state index is 5.96. The highest BCUT2D eigenvalue weighted by Gasteiger charge is 2.16. The number of rotatable bonds is 4. The molecule has 1 aliphatic heterocycles. The lowest BCUT2D eigenvalue weighted by Gasteiger charge is -2.21. The molecule has 1 aromatic heterocycles. The van der Waals surface area contributed by atoms with Crippen LogP contribution in [0.15, 0.2) is 72.9 Å². The molecule has 1 saturated heterocycles. The summed E-state index contributed by atoms with van der Waals surface area (Å²) in [7, 11) is 0. The number of aromatic nitrogens is 1. The Kier molecular flexibility index (Phi) is 6.87. The minimum Gasteiger partial charge on any atom is -0.297 e. The Hall–Kier alpha value is -2.86. The number of nitrogens with zero attached hydrogens (tertiary/aromatic N) is 2. The number of pyridine rings is 1. The molecule has 156 valence electrons. The summed E-state index contributed by atoms with van der Waals surface area (Å²) in [5.74, 6) is 6.38. The topological polar surface area (TPSA) is 16.1 Å². The lowest BCUT2D eigenvalue weighted by Crippen LogP contribution is -2.28. The fourth-order valence-corrected chi connectivity index (χ4v) is 4.07. The van der Waals surface area contributed by atoms with Gasteiger partial charge in [0.15, 0.2) is 0 Å². The van der Waals surface area contributed by atoms with Gasteiger partial charge in [0.1, 0.15) is 5.69 Å². The van der Waals surface area contributed by atoms with Gasteiger partial charge in [-0.3, -0.25) is 4.90 Å². The van der Waals surface area contributed by atoms with E-state index in [0.29, 0.717) is 6.04 Å². The van der Waals surface area contributed by atoms with Crippen LogP contribution < -0.4 is 0 Å². The first kappa shape index (κ1) is 21.4. The van der Waals surface area contributed by atoms with Crippen molar-refractivity contribution in [3.63, 3.8) is 0 Å². The van der Waals surface area contributed by atoms with E-state index in [0.717, 1.165) is 27.4 Å². The lowest BCUT2D eigenvalue weighted by molar-refractivity contribution is 0.300. The predicted molar refractivity (Wildman–Crippen MR) is 131 cm³/mol. The standard InChI is InChI=1S/C28H27ClN2/c1-21(19-22(2)31-17-3-4-18-31)24-8-5-23(6-9-24)7-15-28-16-12-26(20-30-28)25-10-13-27(29)14-11-25/h5-6,8-14,16,19-20,22H,3-4,17-18H2,1-2H3/b21-19-. The van der Waals surface area contributed by atoms with Crippen LogP contribution in [0.5, 0.6) is 0 Å². The molecule has 1 fully saturated rings.